The van der Waals surface area contributed by atoms with E-state index in [0.29, 0.717) is 0 Å². The Morgan fingerprint density at radius 3 is 2.25 bits per heavy atom. The maximum Gasteiger partial charge on any atom is 0.118 e. The maximum absolute atomic E-state index is 5.77. The third-order valence-corrected chi connectivity index (χ3v) is 4.14. The number of hydrogen-bond donors (Lipinski definition) is 0. The number of pyridine rings is 1. The van der Waals surface area contributed by atoms with Crippen LogP contribution in [0.5, 0.6) is 0 Å². The van der Waals surface area contributed by atoms with Gasteiger partial charge in [0, 0.05) is 25.5 Å². The van der Waals surface area contributed by atoms with Crippen molar-refractivity contribution in [3.63, 3.8) is 0 Å². The van der Waals surface area contributed by atoms with Gasteiger partial charge in [-0.2, -0.15) is 0 Å². The summed E-state index contributed by atoms with van der Waals surface area (Å²) in [4.78, 5) is 6.61. The van der Waals surface area contributed by atoms with Crippen LogP contribution in [0.2, 0.25) is 0 Å². The molecular weight excluding hydrogens is 296 g/mol. The fraction of sp³-hybridized carbons (Fsp3) is 0.286. The lowest BCUT2D eigenvalue weighted by atomic mass is 10.1. The minimum absolute atomic E-state index is 0.790. The Hall–Kier alpha value is -2.39. The topological polar surface area (TPSA) is 29.3 Å². The molecule has 0 unspecified atom stereocenters. The quantitative estimate of drug-likeness (QED) is 0.629. The van der Waals surface area contributed by atoms with E-state index < -0.39 is 0 Å². The van der Waals surface area contributed by atoms with Crippen molar-refractivity contribution in [2.24, 2.45) is 0 Å². The fourth-order valence-corrected chi connectivity index (χ4v) is 2.85. The summed E-state index contributed by atoms with van der Waals surface area (Å²) >= 11 is 0. The van der Waals surface area contributed by atoms with Gasteiger partial charge in [0.05, 0.1) is 6.54 Å². The van der Waals surface area contributed by atoms with Crippen molar-refractivity contribution in [1.82, 2.24) is 9.88 Å². The SMILES string of the molecule is CCc1ccc(CN(Cc2cccnc2)Cc2ccc(C)o2)cc1. The molecule has 24 heavy (non-hydrogen) atoms. The smallest absolute Gasteiger partial charge is 0.118 e. The average molecular weight is 320 g/mol. The zero-order valence-corrected chi connectivity index (χ0v) is 14.4. The number of benzene rings is 1. The Balaban J connectivity index is 1.74. The van der Waals surface area contributed by atoms with Crippen molar-refractivity contribution in [2.45, 2.75) is 39.9 Å². The van der Waals surface area contributed by atoms with Crippen molar-refractivity contribution in [2.75, 3.05) is 0 Å². The predicted molar refractivity (Wildman–Crippen MR) is 96.5 cm³/mol. The van der Waals surface area contributed by atoms with Gasteiger partial charge in [-0.15, -0.1) is 0 Å². The van der Waals surface area contributed by atoms with Crippen molar-refractivity contribution in [3.05, 3.63) is 89.1 Å². The molecule has 0 spiro atoms. The van der Waals surface area contributed by atoms with Crippen LogP contribution in [0.3, 0.4) is 0 Å². The molecule has 0 aliphatic heterocycles. The molecule has 2 aromatic heterocycles. The van der Waals surface area contributed by atoms with Crippen LogP contribution < -0.4 is 0 Å². The molecule has 1 aromatic carbocycles. The van der Waals surface area contributed by atoms with Crippen LogP contribution in [0.1, 0.15) is 35.1 Å². The van der Waals surface area contributed by atoms with Crippen LogP contribution in [0, 0.1) is 6.92 Å². The highest BCUT2D eigenvalue weighted by Gasteiger charge is 2.11. The van der Waals surface area contributed by atoms with Crippen molar-refractivity contribution >= 4 is 0 Å². The molecule has 0 saturated heterocycles. The van der Waals surface area contributed by atoms with Gasteiger partial charge in [-0.1, -0.05) is 37.3 Å². The number of aromatic nitrogens is 1. The molecule has 3 aromatic rings. The molecule has 124 valence electrons. The minimum Gasteiger partial charge on any atom is -0.465 e. The highest BCUT2D eigenvalue weighted by Crippen LogP contribution is 2.16. The summed E-state index contributed by atoms with van der Waals surface area (Å²) in [5.74, 6) is 1.96. The second-order valence-electron chi connectivity index (χ2n) is 6.19. The van der Waals surface area contributed by atoms with Gasteiger partial charge >= 0.3 is 0 Å². The first-order valence-electron chi connectivity index (χ1n) is 8.47. The van der Waals surface area contributed by atoms with Crippen LogP contribution in [0.15, 0.2) is 65.3 Å². The van der Waals surface area contributed by atoms with Crippen LogP contribution in [-0.4, -0.2) is 9.88 Å². The van der Waals surface area contributed by atoms with E-state index >= 15 is 0 Å². The average Bonchev–Trinajstić information content (AvgIpc) is 3.01. The summed E-state index contributed by atoms with van der Waals surface area (Å²) in [5.41, 5.74) is 3.91. The molecule has 0 aliphatic carbocycles. The Kier molecular flexibility index (Phi) is 5.44. The Morgan fingerprint density at radius 2 is 1.62 bits per heavy atom. The molecular formula is C21H24N2O. The third kappa shape index (κ3) is 4.56. The van der Waals surface area contributed by atoms with Crippen LogP contribution in [0.4, 0.5) is 0 Å². The minimum atomic E-state index is 0.790. The molecule has 3 rings (SSSR count). The second kappa shape index (κ2) is 7.93. The number of hydrogen-bond acceptors (Lipinski definition) is 3. The molecule has 0 N–H and O–H groups in total. The van der Waals surface area contributed by atoms with E-state index in [1.807, 2.05) is 31.5 Å². The van der Waals surface area contributed by atoms with Gasteiger partial charge in [-0.25, -0.2) is 0 Å². The maximum atomic E-state index is 5.77. The molecule has 0 saturated carbocycles. The summed E-state index contributed by atoms with van der Waals surface area (Å²) in [6, 6.07) is 17.1. The summed E-state index contributed by atoms with van der Waals surface area (Å²) in [7, 11) is 0. The summed E-state index contributed by atoms with van der Waals surface area (Å²) in [5, 5.41) is 0. The summed E-state index contributed by atoms with van der Waals surface area (Å²) in [6.45, 7) is 6.70. The van der Waals surface area contributed by atoms with Gasteiger partial charge in [0.15, 0.2) is 0 Å². The predicted octanol–water partition coefficient (Wildman–Crippen LogP) is 4.75. The second-order valence-corrected chi connectivity index (χ2v) is 6.19. The van der Waals surface area contributed by atoms with E-state index in [4.69, 9.17) is 4.42 Å². The fourth-order valence-electron chi connectivity index (χ4n) is 2.85. The Bertz CT molecular complexity index is 747. The van der Waals surface area contributed by atoms with Gasteiger partial charge < -0.3 is 4.42 Å². The summed E-state index contributed by atoms with van der Waals surface area (Å²) < 4.78 is 5.77. The van der Waals surface area contributed by atoms with E-state index in [0.717, 1.165) is 37.6 Å². The standard InChI is InChI=1S/C21H24N2O/c1-3-18-7-9-19(10-8-18)14-23(15-20-5-4-12-22-13-20)16-21-11-6-17(2)24-21/h4-13H,3,14-16H2,1-2H3. The van der Waals surface area contributed by atoms with E-state index in [1.165, 1.54) is 16.7 Å². The zero-order chi connectivity index (χ0) is 16.8. The van der Waals surface area contributed by atoms with Crippen LogP contribution in [-0.2, 0) is 26.1 Å². The number of aryl methyl sites for hydroxylation is 2. The van der Waals surface area contributed by atoms with Crippen molar-refractivity contribution in [3.8, 4) is 0 Å². The summed E-state index contributed by atoms with van der Waals surface area (Å²) in [6.07, 6.45) is 4.82. The first kappa shape index (κ1) is 16.5. The van der Waals surface area contributed by atoms with Gasteiger partial charge in [-0.05, 0) is 48.2 Å². The Labute approximate surface area is 144 Å². The number of nitrogens with zero attached hydrogens (tertiary/aromatic N) is 2. The molecule has 2 heterocycles. The van der Waals surface area contributed by atoms with E-state index in [9.17, 15) is 0 Å². The Morgan fingerprint density at radius 1 is 0.875 bits per heavy atom. The van der Waals surface area contributed by atoms with Crippen LogP contribution in [0.25, 0.3) is 0 Å². The monoisotopic (exact) mass is 320 g/mol. The number of furan rings is 1. The van der Waals surface area contributed by atoms with Gasteiger partial charge in [0.2, 0.25) is 0 Å². The number of rotatable bonds is 7. The van der Waals surface area contributed by atoms with Gasteiger partial charge in [0.1, 0.15) is 11.5 Å². The van der Waals surface area contributed by atoms with Gasteiger partial charge in [-0.3, -0.25) is 9.88 Å². The molecule has 0 fully saturated rings. The first-order valence-corrected chi connectivity index (χ1v) is 8.47. The van der Waals surface area contributed by atoms with Crippen LogP contribution >= 0.6 is 0 Å². The third-order valence-electron chi connectivity index (χ3n) is 4.14. The zero-order valence-electron chi connectivity index (χ0n) is 14.4. The molecule has 0 aliphatic rings. The van der Waals surface area contributed by atoms with E-state index in [1.54, 1.807) is 0 Å². The van der Waals surface area contributed by atoms with E-state index in [2.05, 4.69) is 53.2 Å². The molecule has 0 bridgehead atoms. The molecule has 0 amide bonds. The lowest BCUT2D eigenvalue weighted by molar-refractivity contribution is 0.225. The van der Waals surface area contributed by atoms with Gasteiger partial charge in [0.25, 0.3) is 0 Å². The lowest BCUT2D eigenvalue weighted by Crippen LogP contribution is -2.22. The molecule has 0 radical (unpaired) electrons. The van der Waals surface area contributed by atoms with Crippen molar-refractivity contribution in [1.29, 1.82) is 0 Å². The largest absolute Gasteiger partial charge is 0.465 e. The van der Waals surface area contributed by atoms with Crippen molar-refractivity contribution < 1.29 is 4.42 Å². The highest BCUT2D eigenvalue weighted by atomic mass is 16.3. The molecule has 3 nitrogen and oxygen atoms in total. The normalized spacial score (nSPS) is 11.1. The highest BCUT2D eigenvalue weighted by molar-refractivity contribution is 5.22. The van der Waals surface area contributed by atoms with E-state index in [-0.39, 0.29) is 0 Å². The first-order chi connectivity index (χ1) is 11.7. The lowest BCUT2D eigenvalue weighted by Gasteiger charge is -2.21. The molecule has 0 atom stereocenters. The molecule has 3 heteroatoms.